The van der Waals surface area contributed by atoms with Crippen LogP contribution in [0.15, 0.2) is 47.5 Å². The van der Waals surface area contributed by atoms with Crippen LogP contribution in [-0.2, 0) is 6.54 Å². The number of halogens is 1. The Hall–Kier alpha value is -2.94. The zero-order valence-electron chi connectivity index (χ0n) is 12.8. The van der Waals surface area contributed by atoms with Crippen molar-refractivity contribution >= 4 is 21.8 Å². The molecule has 0 saturated heterocycles. The Balaban J connectivity index is 1.50. The first kappa shape index (κ1) is 15.6. The van der Waals surface area contributed by atoms with Crippen molar-refractivity contribution in [2.45, 2.75) is 6.54 Å². The molecule has 1 aliphatic rings. The summed E-state index contributed by atoms with van der Waals surface area (Å²) in [5.74, 6) is 1.66. The third-order valence-corrected chi connectivity index (χ3v) is 4.26. The molecule has 0 unspecified atom stereocenters. The molecule has 0 bridgehead atoms. The number of carbonyl (C=O) groups excluding carboxylic acids is 1. The van der Waals surface area contributed by atoms with Crippen LogP contribution in [0.4, 0.5) is 0 Å². The number of pyridine rings is 1. The van der Waals surface area contributed by atoms with E-state index in [1.54, 1.807) is 16.7 Å². The van der Waals surface area contributed by atoms with Gasteiger partial charge in [-0.25, -0.2) is 4.98 Å². The highest BCUT2D eigenvalue weighted by Crippen LogP contribution is 2.32. The van der Waals surface area contributed by atoms with Crippen molar-refractivity contribution in [3.63, 3.8) is 0 Å². The first-order valence-corrected chi connectivity index (χ1v) is 8.18. The number of amides is 1. The van der Waals surface area contributed by atoms with E-state index in [1.807, 2.05) is 18.2 Å². The van der Waals surface area contributed by atoms with E-state index < -0.39 is 0 Å². The summed E-state index contributed by atoms with van der Waals surface area (Å²) in [5.41, 5.74) is 1.19. The molecule has 1 amide bonds. The summed E-state index contributed by atoms with van der Waals surface area (Å²) >= 11 is 3.36. The van der Waals surface area contributed by atoms with Crippen LogP contribution >= 0.6 is 15.9 Å². The number of fused-ring (bicyclic) bond motifs is 1. The highest BCUT2D eigenvalue weighted by atomic mass is 79.9. The lowest BCUT2D eigenvalue weighted by Gasteiger charge is -2.09. The van der Waals surface area contributed by atoms with Gasteiger partial charge in [0.05, 0.1) is 0 Å². The van der Waals surface area contributed by atoms with Gasteiger partial charge in [-0.05, 0) is 45.8 Å². The van der Waals surface area contributed by atoms with E-state index in [0.29, 0.717) is 28.3 Å². The van der Waals surface area contributed by atoms with Gasteiger partial charge in [0.25, 0.3) is 5.91 Å². The average Bonchev–Trinajstić information content (AvgIpc) is 3.31. The van der Waals surface area contributed by atoms with Crippen molar-refractivity contribution in [3.05, 3.63) is 58.7 Å². The number of nitrogens with zero attached hydrogens (tertiary/aromatic N) is 4. The Labute approximate surface area is 150 Å². The van der Waals surface area contributed by atoms with Gasteiger partial charge < -0.3 is 14.8 Å². The number of nitrogens with one attached hydrogen (secondary N) is 1. The fraction of sp³-hybridized carbons (Fsp3) is 0.125. The second kappa shape index (κ2) is 6.52. The first-order chi connectivity index (χ1) is 12.2. The van der Waals surface area contributed by atoms with Crippen molar-refractivity contribution in [2.75, 3.05) is 6.79 Å². The monoisotopic (exact) mass is 401 g/mol. The quantitative estimate of drug-likeness (QED) is 0.719. The topological polar surface area (TPSA) is 91.2 Å². The molecule has 2 aromatic heterocycles. The molecule has 1 N–H and O–H groups in total. The number of hydrogen-bond donors (Lipinski definition) is 1. The number of rotatable bonds is 4. The molecule has 126 valence electrons. The Bertz CT molecular complexity index is 930. The summed E-state index contributed by atoms with van der Waals surface area (Å²) in [5, 5.41) is 10.3. The van der Waals surface area contributed by atoms with Gasteiger partial charge in [0.2, 0.25) is 6.79 Å². The van der Waals surface area contributed by atoms with E-state index in [0.717, 1.165) is 5.56 Å². The van der Waals surface area contributed by atoms with E-state index in [1.165, 1.54) is 12.7 Å². The highest BCUT2D eigenvalue weighted by molar-refractivity contribution is 9.10. The Morgan fingerprint density at radius 2 is 1.96 bits per heavy atom. The molecule has 0 atom stereocenters. The van der Waals surface area contributed by atoms with E-state index in [9.17, 15) is 4.79 Å². The van der Waals surface area contributed by atoms with Crippen LogP contribution in [0.5, 0.6) is 11.5 Å². The molecule has 4 rings (SSSR count). The molecule has 0 aliphatic carbocycles. The van der Waals surface area contributed by atoms with Crippen molar-refractivity contribution in [3.8, 4) is 17.3 Å². The maximum atomic E-state index is 12.5. The molecule has 0 radical (unpaired) electrons. The largest absolute Gasteiger partial charge is 0.454 e. The van der Waals surface area contributed by atoms with Crippen molar-refractivity contribution in [2.24, 2.45) is 0 Å². The van der Waals surface area contributed by atoms with Crippen LogP contribution in [0.3, 0.4) is 0 Å². The van der Waals surface area contributed by atoms with Gasteiger partial charge in [-0.15, -0.1) is 10.2 Å². The standard InChI is InChI=1S/C16H12BrN5O3/c17-11-2-4-14(22-7-19-20-8-22)21-15(11)16(23)18-6-10-1-3-12-13(5-10)25-9-24-12/h1-5,7-8H,6,9H2,(H,18,23). The Morgan fingerprint density at radius 3 is 2.80 bits per heavy atom. The van der Waals surface area contributed by atoms with Crippen LogP contribution in [0.25, 0.3) is 5.82 Å². The second-order valence-corrected chi connectivity index (χ2v) is 6.09. The van der Waals surface area contributed by atoms with Gasteiger partial charge in [-0.1, -0.05) is 6.07 Å². The molecule has 25 heavy (non-hydrogen) atoms. The average molecular weight is 402 g/mol. The summed E-state index contributed by atoms with van der Waals surface area (Å²) in [7, 11) is 0. The molecular weight excluding hydrogens is 390 g/mol. The third-order valence-electron chi connectivity index (χ3n) is 3.62. The lowest BCUT2D eigenvalue weighted by Crippen LogP contribution is -2.24. The van der Waals surface area contributed by atoms with Gasteiger partial charge >= 0.3 is 0 Å². The van der Waals surface area contributed by atoms with Crippen LogP contribution in [0, 0.1) is 0 Å². The van der Waals surface area contributed by atoms with Crippen LogP contribution in [0.1, 0.15) is 16.1 Å². The van der Waals surface area contributed by atoms with Crippen LogP contribution in [-0.4, -0.2) is 32.4 Å². The molecule has 1 aromatic carbocycles. The number of carbonyl (C=O) groups is 1. The number of ether oxygens (including phenoxy) is 2. The van der Waals surface area contributed by atoms with Crippen molar-refractivity contribution < 1.29 is 14.3 Å². The number of benzene rings is 1. The minimum atomic E-state index is -0.292. The predicted molar refractivity (Wildman–Crippen MR) is 90.6 cm³/mol. The van der Waals surface area contributed by atoms with Gasteiger partial charge in [-0.2, -0.15) is 0 Å². The number of hydrogen-bond acceptors (Lipinski definition) is 6. The van der Waals surface area contributed by atoms with E-state index in [4.69, 9.17) is 9.47 Å². The highest BCUT2D eigenvalue weighted by Gasteiger charge is 2.16. The summed E-state index contributed by atoms with van der Waals surface area (Å²) in [6.45, 7) is 0.568. The zero-order valence-corrected chi connectivity index (χ0v) is 14.4. The molecule has 1 aliphatic heterocycles. The van der Waals surface area contributed by atoms with Crippen LogP contribution < -0.4 is 14.8 Å². The van der Waals surface area contributed by atoms with Gasteiger partial charge in [0, 0.05) is 11.0 Å². The van der Waals surface area contributed by atoms with Crippen molar-refractivity contribution in [1.82, 2.24) is 25.1 Å². The zero-order chi connectivity index (χ0) is 17.2. The van der Waals surface area contributed by atoms with Gasteiger partial charge in [0.1, 0.15) is 24.2 Å². The van der Waals surface area contributed by atoms with Crippen molar-refractivity contribution in [1.29, 1.82) is 0 Å². The number of aromatic nitrogens is 4. The molecule has 0 fully saturated rings. The minimum Gasteiger partial charge on any atom is -0.454 e. The van der Waals surface area contributed by atoms with Gasteiger partial charge in [0.15, 0.2) is 11.5 Å². The Kier molecular flexibility index (Phi) is 4.06. The molecule has 0 spiro atoms. The predicted octanol–water partition coefficient (Wildman–Crippen LogP) is 2.08. The first-order valence-electron chi connectivity index (χ1n) is 7.39. The smallest absolute Gasteiger partial charge is 0.271 e. The lowest BCUT2D eigenvalue weighted by molar-refractivity contribution is 0.0945. The third kappa shape index (κ3) is 3.18. The lowest BCUT2D eigenvalue weighted by atomic mass is 10.2. The fourth-order valence-electron chi connectivity index (χ4n) is 2.37. The van der Waals surface area contributed by atoms with E-state index >= 15 is 0 Å². The molecule has 3 heterocycles. The molecule has 0 saturated carbocycles. The second-order valence-electron chi connectivity index (χ2n) is 5.24. The van der Waals surface area contributed by atoms with E-state index in [2.05, 4.69) is 36.4 Å². The maximum Gasteiger partial charge on any atom is 0.271 e. The summed E-state index contributed by atoms with van der Waals surface area (Å²) < 4.78 is 12.8. The molecule has 9 heteroatoms. The molecule has 3 aromatic rings. The fourth-order valence-corrected chi connectivity index (χ4v) is 2.77. The Morgan fingerprint density at radius 1 is 1.16 bits per heavy atom. The normalized spacial score (nSPS) is 12.2. The van der Waals surface area contributed by atoms with Crippen LogP contribution in [0.2, 0.25) is 0 Å². The summed E-state index contributed by atoms with van der Waals surface area (Å²) in [4.78, 5) is 16.9. The summed E-state index contributed by atoms with van der Waals surface area (Å²) in [6, 6.07) is 9.08. The summed E-state index contributed by atoms with van der Waals surface area (Å²) in [6.07, 6.45) is 3.04. The van der Waals surface area contributed by atoms with Gasteiger partial charge in [-0.3, -0.25) is 9.36 Å². The molecular formula is C16H12BrN5O3. The van der Waals surface area contributed by atoms with E-state index in [-0.39, 0.29) is 18.4 Å². The SMILES string of the molecule is O=C(NCc1ccc2c(c1)OCO2)c1nc(-n2cnnc2)ccc1Br. The molecule has 8 nitrogen and oxygen atoms in total. The minimum absolute atomic E-state index is 0.220. The maximum absolute atomic E-state index is 12.5.